The van der Waals surface area contributed by atoms with Crippen LogP contribution in [0.1, 0.15) is 79.1 Å². The molecule has 0 aliphatic heterocycles. The van der Waals surface area contributed by atoms with Crippen molar-refractivity contribution in [2.45, 2.75) is 79.1 Å². The van der Waals surface area contributed by atoms with Gasteiger partial charge in [-0.3, -0.25) is 5.10 Å². The monoisotopic (exact) mass is 328 g/mol. The molecule has 1 radical (unpaired) electrons. The molecular weight excluding hydrogens is 289 g/mol. The summed E-state index contributed by atoms with van der Waals surface area (Å²) >= 11 is 0. The zero-order valence-corrected chi connectivity index (χ0v) is 16.4. The molecule has 0 fully saturated rings. The summed E-state index contributed by atoms with van der Waals surface area (Å²) in [5.74, 6) is 0. The number of hydrogen-bond donors (Lipinski definition) is 1. The van der Waals surface area contributed by atoms with Gasteiger partial charge in [0.25, 0.3) is 0 Å². The lowest BCUT2D eigenvalue weighted by Gasteiger charge is -2.37. The fourth-order valence-corrected chi connectivity index (χ4v) is 8.10. The third-order valence-corrected chi connectivity index (χ3v) is 9.33. The maximum atomic E-state index is 3.56. The molecule has 0 amide bonds. The number of unbranched alkanes of at least 4 members (excludes halogenated alkanes) is 4. The molecule has 0 unspecified atom stereocenters. The summed E-state index contributed by atoms with van der Waals surface area (Å²) in [6.45, 7) is 9.42. The lowest BCUT2D eigenvalue weighted by atomic mass is 10.4. The fourth-order valence-electron chi connectivity index (χ4n) is 2.81. The van der Waals surface area contributed by atoms with E-state index in [2.05, 4.69) is 42.9 Å². The van der Waals surface area contributed by atoms with E-state index in [1.54, 1.807) is 24.6 Å². The van der Waals surface area contributed by atoms with Gasteiger partial charge in [-0.15, -0.1) is 7.26 Å². The molecule has 0 aliphatic carbocycles. The molecule has 1 N–H and O–H groups in total. The summed E-state index contributed by atoms with van der Waals surface area (Å²) in [6.07, 6.45) is 20.9. The van der Waals surface area contributed by atoms with E-state index in [1.807, 2.05) is 0 Å². The maximum Gasteiger partial charge on any atom is 0.137 e. The second kappa shape index (κ2) is 15.5. The van der Waals surface area contributed by atoms with Gasteiger partial charge in [0.05, 0.1) is 0 Å². The number of aromatic nitrogens is 3. The maximum absolute atomic E-state index is 3.56. The van der Waals surface area contributed by atoms with E-state index in [-0.39, 0.29) is 0 Å². The van der Waals surface area contributed by atoms with Crippen molar-refractivity contribution in [3.8, 4) is 0 Å². The first-order valence-corrected chi connectivity index (χ1v) is 11.9. The van der Waals surface area contributed by atoms with E-state index in [9.17, 15) is 0 Å². The highest BCUT2D eigenvalue weighted by Gasteiger charge is 2.24. The van der Waals surface area contributed by atoms with Gasteiger partial charge in [-0.1, -0.05) is 53.4 Å². The smallest absolute Gasteiger partial charge is 0.137 e. The van der Waals surface area contributed by atoms with Crippen LogP contribution in [0.4, 0.5) is 0 Å². The number of aromatic amines is 1. The quantitative estimate of drug-likeness (QED) is 0.477. The first kappa shape index (κ1) is 21.6. The van der Waals surface area contributed by atoms with Crippen molar-refractivity contribution >= 4 is 7.26 Å². The minimum absolute atomic E-state index is 0.562. The highest BCUT2D eigenvalue weighted by molar-refractivity contribution is 7.75. The zero-order valence-electron chi connectivity index (χ0n) is 15.5. The van der Waals surface area contributed by atoms with Crippen LogP contribution >= 0.6 is 7.26 Å². The van der Waals surface area contributed by atoms with Crippen LogP contribution in [-0.4, -0.2) is 39.8 Å². The predicted octanol–water partition coefficient (Wildman–Crippen LogP) is 6.01. The molecule has 0 aromatic carbocycles. The van der Waals surface area contributed by atoms with Crippen molar-refractivity contribution in [3.63, 3.8) is 0 Å². The summed E-state index contributed by atoms with van der Waals surface area (Å²) in [5.41, 5.74) is 0. The van der Waals surface area contributed by atoms with Crippen LogP contribution in [0.5, 0.6) is 0 Å². The van der Waals surface area contributed by atoms with Gasteiger partial charge in [-0.05, 0) is 50.3 Å². The van der Waals surface area contributed by atoms with Gasteiger partial charge < -0.3 is 0 Å². The van der Waals surface area contributed by atoms with Gasteiger partial charge in [0.15, 0.2) is 0 Å². The molecule has 0 atom stereocenters. The van der Waals surface area contributed by atoms with Gasteiger partial charge in [0.2, 0.25) is 0 Å². The fraction of sp³-hybridized carbons (Fsp3) is 0.889. The highest BCUT2D eigenvalue weighted by atomic mass is 31.2. The van der Waals surface area contributed by atoms with E-state index in [0.29, 0.717) is 0 Å². The van der Waals surface area contributed by atoms with Gasteiger partial charge in [-0.2, -0.15) is 5.10 Å². The minimum atomic E-state index is -0.562. The summed E-state index contributed by atoms with van der Waals surface area (Å²) in [4.78, 5) is 3.56. The average molecular weight is 329 g/mol. The first-order chi connectivity index (χ1) is 10.7. The Balaban J connectivity index is 0.000000734. The standard InChI is InChI=1S/C16H36P.C2H3N3/c1-5-9-13-17(14-10-6-2,15-11-7-3)16-12-8-4;1-3-2-5-4-1/h5-16H2,1-4H3;1-2H,(H,3,4,5). The topological polar surface area (TPSA) is 41.6 Å². The van der Waals surface area contributed by atoms with Crippen molar-refractivity contribution in [3.05, 3.63) is 12.7 Å². The Morgan fingerprint density at radius 3 is 1.32 bits per heavy atom. The summed E-state index contributed by atoms with van der Waals surface area (Å²) in [7, 11) is -0.562. The van der Waals surface area contributed by atoms with Crippen molar-refractivity contribution in [2.24, 2.45) is 0 Å². The number of rotatable bonds is 12. The predicted molar refractivity (Wildman–Crippen MR) is 102 cm³/mol. The number of nitrogens with zero attached hydrogens (tertiary/aromatic N) is 2. The first-order valence-electron chi connectivity index (χ1n) is 9.38. The van der Waals surface area contributed by atoms with Gasteiger partial charge in [-0.25, -0.2) is 4.98 Å². The molecule has 3 nitrogen and oxygen atoms in total. The minimum Gasteiger partial charge on any atom is -0.266 e. The molecule has 0 aliphatic rings. The average Bonchev–Trinajstić information content (AvgIpc) is 3.13. The SMILES string of the molecule is CCCC[P](CCCC)(CCCC)CCCC.c1nc[nH]n1. The molecule has 0 saturated heterocycles. The Kier molecular flexibility index (Phi) is 15.2. The Bertz CT molecular complexity index is 247. The molecule has 131 valence electrons. The Labute approximate surface area is 139 Å². The lowest BCUT2D eigenvalue weighted by molar-refractivity contribution is 0.814. The Morgan fingerprint density at radius 2 is 1.14 bits per heavy atom. The van der Waals surface area contributed by atoms with Crippen LogP contribution in [0.2, 0.25) is 0 Å². The summed E-state index contributed by atoms with van der Waals surface area (Å²) in [6, 6.07) is 0. The van der Waals surface area contributed by atoms with E-state index in [0.717, 1.165) is 0 Å². The Morgan fingerprint density at radius 1 is 0.727 bits per heavy atom. The second-order valence-electron chi connectivity index (χ2n) is 6.30. The van der Waals surface area contributed by atoms with Crippen molar-refractivity contribution < 1.29 is 0 Å². The third kappa shape index (κ3) is 11.2. The van der Waals surface area contributed by atoms with Crippen LogP contribution in [-0.2, 0) is 0 Å². The number of nitrogens with one attached hydrogen (secondary N) is 1. The van der Waals surface area contributed by atoms with Gasteiger partial charge >= 0.3 is 0 Å². The van der Waals surface area contributed by atoms with Crippen LogP contribution in [0.3, 0.4) is 0 Å². The van der Waals surface area contributed by atoms with E-state index < -0.39 is 7.26 Å². The molecule has 22 heavy (non-hydrogen) atoms. The second-order valence-corrected chi connectivity index (χ2v) is 10.8. The van der Waals surface area contributed by atoms with Crippen LogP contribution in [0.25, 0.3) is 0 Å². The number of H-pyrrole nitrogens is 1. The van der Waals surface area contributed by atoms with Crippen LogP contribution in [0.15, 0.2) is 12.7 Å². The molecular formula is C18H39N3P. The van der Waals surface area contributed by atoms with E-state index in [4.69, 9.17) is 0 Å². The molecule has 0 saturated carbocycles. The van der Waals surface area contributed by atoms with E-state index >= 15 is 0 Å². The Hall–Kier alpha value is -0.430. The molecule has 1 aromatic rings. The van der Waals surface area contributed by atoms with Crippen molar-refractivity contribution in [1.82, 2.24) is 15.2 Å². The molecule has 1 rings (SSSR count). The molecule has 1 aromatic heterocycles. The lowest BCUT2D eigenvalue weighted by Crippen LogP contribution is -2.12. The van der Waals surface area contributed by atoms with Crippen molar-refractivity contribution in [2.75, 3.05) is 24.6 Å². The largest absolute Gasteiger partial charge is 0.266 e. The molecule has 0 bridgehead atoms. The zero-order chi connectivity index (χ0) is 16.5. The highest BCUT2D eigenvalue weighted by Crippen LogP contribution is 2.61. The molecule has 1 heterocycles. The van der Waals surface area contributed by atoms with Crippen LogP contribution < -0.4 is 0 Å². The summed E-state index contributed by atoms with van der Waals surface area (Å²) < 4.78 is 0. The van der Waals surface area contributed by atoms with E-state index in [1.165, 1.54) is 64.0 Å². The van der Waals surface area contributed by atoms with Crippen molar-refractivity contribution in [1.29, 1.82) is 0 Å². The molecule has 4 heteroatoms. The molecule has 0 spiro atoms. The van der Waals surface area contributed by atoms with Gasteiger partial charge in [0.1, 0.15) is 12.7 Å². The third-order valence-electron chi connectivity index (χ3n) is 4.28. The van der Waals surface area contributed by atoms with Crippen LogP contribution in [0, 0.1) is 0 Å². The normalized spacial score (nSPS) is 11.1. The van der Waals surface area contributed by atoms with Gasteiger partial charge in [0, 0.05) is 0 Å². The summed E-state index contributed by atoms with van der Waals surface area (Å²) in [5, 5.41) is 5.99. The number of hydrogen-bond acceptors (Lipinski definition) is 2.